The van der Waals surface area contributed by atoms with E-state index >= 15 is 0 Å². The molecule has 2 N–H and O–H groups in total. The van der Waals surface area contributed by atoms with Crippen LogP contribution in [0, 0.1) is 19.3 Å². The molecule has 218 valence electrons. The van der Waals surface area contributed by atoms with Crippen LogP contribution in [0.15, 0.2) is 48.5 Å². The first-order valence-electron chi connectivity index (χ1n) is 13.2. The number of carbonyl (C=O) groups is 2. The van der Waals surface area contributed by atoms with Crippen molar-refractivity contribution in [1.29, 1.82) is 0 Å². The standard InChI is InChI=1S/C29H32F3NO4S.C2H6/c1-17-14-21(15-18(2)26(17)19-6-8-20(9-7-19)29(30,31)32)37-16-22(28(3,4)5)23-10-11-24(38-23)27(36)33-13-12-25(34)35;1-2/h6-11,14-15,22H,12-13,16H2,1-5H3,(H,33,36)(H,34,35);1-2H3. The first-order valence-corrected chi connectivity index (χ1v) is 14.0. The maximum absolute atomic E-state index is 13.0. The van der Waals surface area contributed by atoms with E-state index in [0.717, 1.165) is 33.7 Å². The van der Waals surface area contributed by atoms with Gasteiger partial charge in [0.15, 0.2) is 0 Å². The Hall–Kier alpha value is -3.33. The second-order valence-corrected chi connectivity index (χ2v) is 11.5. The number of benzene rings is 2. The highest BCUT2D eigenvalue weighted by Gasteiger charge is 2.31. The minimum Gasteiger partial charge on any atom is -0.493 e. The Balaban J connectivity index is 0.00000274. The van der Waals surface area contributed by atoms with E-state index in [2.05, 4.69) is 26.1 Å². The van der Waals surface area contributed by atoms with Crippen molar-refractivity contribution in [2.24, 2.45) is 5.41 Å². The van der Waals surface area contributed by atoms with Crippen LogP contribution in [0.1, 0.15) is 78.2 Å². The summed E-state index contributed by atoms with van der Waals surface area (Å²) < 4.78 is 45.1. The van der Waals surface area contributed by atoms with Crippen LogP contribution in [0.4, 0.5) is 13.2 Å². The molecule has 2 aromatic carbocycles. The number of ether oxygens (including phenoxy) is 1. The van der Waals surface area contributed by atoms with Crippen molar-refractivity contribution in [3.8, 4) is 16.9 Å². The van der Waals surface area contributed by atoms with Crippen molar-refractivity contribution in [3.05, 3.63) is 75.0 Å². The average molecular weight is 578 g/mol. The zero-order chi connectivity index (χ0) is 30.3. The topological polar surface area (TPSA) is 75.6 Å². The molecular weight excluding hydrogens is 539 g/mol. The minimum atomic E-state index is -4.38. The Morgan fingerprint density at radius 1 is 0.975 bits per heavy atom. The molecule has 1 unspecified atom stereocenters. The third-order valence-electron chi connectivity index (χ3n) is 6.29. The molecule has 3 aromatic rings. The highest BCUT2D eigenvalue weighted by molar-refractivity contribution is 7.14. The summed E-state index contributed by atoms with van der Waals surface area (Å²) in [7, 11) is 0. The second kappa shape index (κ2) is 13.8. The van der Waals surface area contributed by atoms with Gasteiger partial charge >= 0.3 is 12.1 Å². The van der Waals surface area contributed by atoms with E-state index in [9.17, 15) is 22.8 Å². The number of carboxylic acid groups (broad SMARTS) is 1. The Morgan fingerprint density at radius 2 is 1.55 bits per heavy atom. The van der Waals surface area contributed by atoms with Crippen LogP contribution in [-0.2, 0) is 11.0 Å². The molecule has 1 amide bonds. The van der Waals surface area contributed by atoms with Crippen molar-refractivity contribution >= 4 is 23.2 Å². The highest BCUT2D eigenvalue weighted by atomic mass is 32.1. The van der Waals surface area contributed by atoms with Crippen LogP contribution in [0.3, 0.4) is 0 Å². The number of alkyl halides is 3. The zero-order valence-corrected chi connectivity index (χ0v) is 24.8. The molecule has 0 aliphatic carbocycles. The number of hydrogen-bond donors (Lipinski definition) is 2. The third kappa shape index (κ3) is 8.84. The molecule has 1 atom stereocenters. The molecule has 0 saturated carbocycles. The SMILES string of the molecule is CC.Cc1cc(OCC(c2ccc(C(=O)NCCC(=O)O)s2)C(C)(C)C)cc(C)c1-c1ccc(C(F)(F)F)cc1. The summed E-state index contributed by atoms with van der Waals surface area (Å²) in [6, 6.07) is 12.6. The summed E-state index contributed by atoms with van der Waals surface area (Å²) in [4.78, 5) is 24.6. The van der Waals surface area contributed by atoms with Gasteiger partial charge in [0.1, 0.15) is 5.75 Å². The van der Waals surface area contributed by atoms with Gasteiger partial charge in [0.2, 0.25) is 0 Å². The van der Waals surface area contributed by atoms with Gasteiger partial charge in [0.05, 0.1) is 23.5 Å². The normalized spacial score (nSPS) is 12.2. The van der Waals surface area contributed by atoms with E-state index in [-0.39, 0.29) is 30.2 Å². The molecule has 0 fully saturated rings. The lowest BCUT2D eigenvalue weighted by atomic mass is 9.80. The van der Waals surface area contributed by atoms with E-state index in [1.54, 1.807) is 6.07 Å². The number of thiophene rings is 1. The molecule has 5 nitrogen and oxygen atoms in total. The lowest BCUT2D eigenvalue weighted by molar-refractivity contribution is -0.138. The van der Waals surface area contributed by atoms with E-state index in [1.807, 2.05) is 45.9 Å². The number of aryl methyl sites for hydroxylation is 2. The molecule has 9 heteroatoms. The smallest absolute Gasteiger partial charge is 0.416 e. The molecule has 0 saturated heterocycles. The number of amides is 1. The molecule has 0 aliphatic rings. The molecule has 0 spiro atoms. The lowest BCUT2D eigenvalue weighted by Gasteiger charge is -2.30. The number of halogens is 3. The van der Waals surface area contributed by atoms with Gasteiger partial charge in [-0.3, -0.25) is 9.59 Å². The number of nitrogens with one attached hydrogen (secondary N) is 1. The van der Waals surface area contributed by atoms with E-state index in [1.165, 1.54) is 23.5 Å². The Labute approximate surface area is 238 Å². The third-order valence-corrected chi connectivity index (χ3v) is 7.49. The van der Waals surface area contributed by atoms with E-state index < -0.39 is 17.7 Å². The number of carbonyl (C=O) groups excluding carboxylic acids is 1. The molecule has 0 radical (unpaired) electrons. The van der Waals surface area contributed by atoms with Crippen molar-refractivity contribution < 1.29 is 32.6 Å². The fraction of sp³-hybridized carbons (Fsp3) is 0.419. The zero-order valence-electron chi connectivity index (χ0n) is 24.0. The first-order chi connectivity index (χ1) is 18.7. The van der Waals surface area contributed by atoms with Gasteiger partial charge in [-0.05, 0) is 77.9 Å². The summed E-state index contributed by atoms with van der Waals surface area (Å²) >= 11 is 1.36. The first kappa shape index (κ1) is 32.9. The Morgan fingerprint density at radius 3 is 2.05 bits per heavy atom. The van der Waals surface area contributed by atoms with Gasteiger partial charge in [-0.1, -0.05) is 46.8 Å². The van der Waals surface area contributed by atoms with Crippen LogP contribution < -0.4 is 10.1 Å². The molecule has 1 heterocycles. The van der Waals surface area contributed by atoms with Gasteiger partial charge < -0.3 is 15.2 Å². The number of hydrogen-bond acceptors (Lipinski definition) is 4. The molecule has 1 aromatic heterocycles. The number of aliphatic carboxylic acids is 1. The van der Waals surface area contributed by atoms with Crippen molar-refractivity contribution in [2.45, 2.75) is 67.0 Å². The van der Waals surface area contributed by atoms with Crippen LogP contribution in [0.25, 0.3) is 11.1 Å². The summed E-state index contributed by atoms with van der Waals surface area (Å²) in [5.41, 5.74) is 2.51. The van der Waals surface area contributed by atoms with E-state index in [4.69, 9.17) is 9.84 Å². The molecule has 3 rings (SSSR count). The van der Waals surface area contributed by atoms with Crippen molar-refractivity contribution in [2.75, 3.05) is 13.2 Å². The fourth-order valence-electron chi connectivity index (χ4n) is 4.26. The van der Waals surface area contributed by atoms with Gasteiger partial charge in [0.25, 0.3) is 5.91 Å². The van der Waals surface area contributed by atoms with Gasteiger partial charge in [-0.15, -0.1) is 11.3 Å². The molecule has 0 bridgehead atoms. The predicted octanol–water partition coefficient (Wildman–Crippen LogP) is 8.49. The van der Waals surface area contributed by atoms with Crippen LogP contribution in [-0.4, -0.2) is 30.1 Å². The van der Waals surface area contributed by atoms with Crippen molar-refractivity contribution in [1.82, 2.24) is 5.32 Å². The summed E-state index contributed by atoms with van der Waals surface area (Å²) in [5, 5.41) is 11.4. The molecule has 0 aliphatic heterocycles. The molecular formula is C31H38F3NO4S. The van der Waals surface area contributed by atoms with E-state index in [0.29, 0.717) is 22.8 Å². The summed E-state index contributed by atoms with van der Waals surface area (Å²) in [6.45, 7) is 14.5. The number of carboxylic acids is 1. The second-order valence-electron chi connectivity index (χ2n) is 10.3. The Bertz CT molecular complexity index is 1270. The average Bonchev–Trinajstić information content (AvgIpc) is 3.33. The fourth-order valence-corrected chi connectivity index (χ4v) is 5.51. The summed E-state index contributed by atoms with van der Waals surface area (Å²) in [6.07, 6.45) is -4.52. The Kier molecular flexibility index (Phi) is 11.4. The summed E-state index contributed by atoms with van der Waals surface area (Å²) in [5.74, 6) is -0.641. The van der Waals surface area contributed by atoms with Crippen molar-refractivity contribution in [3.63, 3.8) is 0 Å². The van der Waals surface area contributed by atoms with Crippen LogP contribution >= 0.6 is 11.3 Å². The van der Waals surface area contributed by atoms with Crippen LogP contribution in [0.2, 0.25) is 0 Å². The quantitative estimate of drug-likeness (QED) is 0.267. The van der Waals surface area contributed by atoms with Crippen LogP contribution in [0.5, 0.6) is 5.75 Å². The van der Waals surface area contributed by atoms with Gasteiger partial charge in [-0.2, -0.15) is 13.2 Å². The predicted molar refractivity (Wildman–Crippen MR) is 154 cm³/mol. The molecule has 40 heavy (non-hydrogen) atoms. The maximum atomic E-state index is 13.0. The minimum absolute atomic E-state index is 0.0247. The lowest BCUT2D eigenvalue weighted by Crippen LogP contribution is -2.25. The van der Waals surface area contributed by atoms with Gasteiger partial charge in [-0.25, -0.2) is 0 Å². The highest BCUT2D eigenvalue weighted by Crippen LogP contribution is 2.40. The largest absolute Gasteiger partial charge is 0.493 e. The monoisotopic (exact) mass is 577 g/mol. The van der Waals surface area contributed by atoms with Gasteiger partial charge in [0, 0.05) is 17.3 Å². The number of rotatable bonds is 9. The maximum Gasteiger partial charge on any atom is 0.416 e.